The minimum Gasteiger partial charge on any atom is -0.454 e. The third-order valence-electron chi connectivity index (χ3n) is 2.84. The Morgan fingerprint density at radius 3 is 2.55 bits per heavy atom. The number of hydrogen-bond acceptors (Lipinski definition) is 4. The van der Waals surface area contributed by atoms with Gasteiger partial charge in [0.2, 0.25) is 0 Å². The lowest BCUT2D eigenvalue weighted by Crippen LogP contribution is -2.43. The van der Waals surface area contributed by atoms with Gasteiger partial charge in [0.05, 0.1) is 6.54 Å². The van der Waals surface area contributed by atoms with Gasteiger partial charge in [0.25, 0.3) is 0 Å². The number of ether oxygens (including phenoxy) is 1. The molecular formula is C16H27IN2O3. The lowest BCUT2D eigenvalue weighted by Gasteiger charge is -2.23. The molecule has 1 aromatic rings. The molecule has 2 N–H and O–H groups in total. The van der Waals surface area contributed by atoms with E-state index < -0.39 is 5.60 Å². The minimum atomic E-state index is -0.476. The molecule has 1 heterocycles. The maximum absolute atomic E-state index is 11.7. The van der Waals surface area contributed by atoms with Crippen LogP contribution in [0.1, 0.15) is 46.8 Å². The molecule has 1 unspecified atom stereocenters. The Labute approximate surface area is 146 Å². The van der Waals surface area contributed by atoms with Gasteiger partial charge in [-0.05, 0) is 67.8 Å². The van der Waals surface area contributed by atoms with E-state index in [2.05, 4.69) is 47.1 Å². The van der Waals surface area contributed by atoms with Crippen LogP contribution in [0.25, 0.3) is 0 Å². The molecule has 0 saturated heterocycles. The molecule has 0 aliphatic rings. The molecular weight excluding hydrogens is 395 g/mol. The van der Waals surface area contributed by atoms with Crippen LogP contribution in [0.15, 0.2) is 16.5 Å². The first kappa shape index (κ1) is 19.3. The number of hydrogen-bond donors (Lipinski definition) is 2. The highest BCUT2D eigenvalue weighted by Gasteiger charge is 2.18. The monoisotopic (exact) mass is 422 g/mol. The van der Waals surface area contributed by atoms with Crippen LogP contribution in [-0.2, 0) is 11.3 Å². The first-order chi connectivity index (χ1) is 10.2. The van der Waals surface area contributed by atoms with E-state index in [-0.39, 0.29) is 12.1 Å². The fourth-order valence-electron chi connectivity index (χ4n) is 2.02. The summed E-state index contributed by atoms with van der Waals surface area (Å²) in [7, 11) is 0. The number of carbonyl (C=O) groups excluding carboxylic acids is 1. The summed E-state index contributed by atoms with van der Waals surface area (Å²) in [5, 5.41) is 6.26. The molecule has 0 spiro atoms. The quantitative estimate of drug-likeness (QED) is 0.654. The average Bonchev–Trinajstić information content (AvgIpc) is 2.76. The van der Waals surface area contributed by atoms with Crippen LogP contribution >= 0.6 is 22.6 Å². The molecule has 1 amide bonds. The summed E-state index contributed by atoms with van der Waals surface area (Å²) in [4.78, 5) is 11.7. The average molecular weight is 422 g/mol. The summed E-state index contributed by atoms with van der Waals surface area (Å²) < 4.78 is 11.7. The molecule has 0 aromatic carbocycles. The van der Waals surface area contributed by atoms with E-state index >= 15 is 0 Å². The Balaban J connectivity index is 2.44. The zero-order chi connectivity index (χ0) is 16.8. The van der Waals surface area contributed by atoms with Crippen molar-refractivity contribution in [1.82, 2.24) is 10.6 Å². The van der Waals surface area contributed by atoms with Crippen molar-refractivity contribution in [3.8, 4) is 0 Å². The van der Waals surface area contributed by atoms with E-state index in [1.54, 1.807) is 0 Å². The third-order valence-corrected chi connectivity index (χ3v) is 3.42. The minimum absolute atomic E-state index is 0.176. The molecule has 1 rings (SSSR count). The second-order valence-electron chi connectivity index (χ2n) is 6.80. The number of carbonyl (C=O) groups is 1. The molecule has 5 nitrogen and oxygen atoms in total. The summed E-state index contributed by atoms with van der Waals surface area (Å²) in [6, 6.07) is 4.08. The van der Waals surface area contributed by atoms with E-state index in [1.807, 2.05) is 32.9 Å². The van der Waals surface area contributed by atoms with Crippen LogP contribution in [0.5, 0.6) is 0 Å². The zero-order valence-electron chi connectivity index (χ0n) is 14.0. The van der Waals surface area contributed by atoms with Gasteiger partial charge in [-0.2, -0.15) is 0 Å². The van der Waals surface area contributed by atoms with Crippen LogP contribution in [0.3, 0.4) is 0 Å². The van der Waals surface area contributed by atoms with Gasteiger partial charge in [-0.25, -0.2) is 4.79 Å². The third kappa shape index (κ3) is 8.63. The molecule has 1 atom stereocenters. The second-order valence-corrected chi connectivity index (χ2v) is 7.86. The van der Waals surface area contributed by atoms with Gasteiger partial charge < -0.3 is 19.8 Å². The van der Waals surface area contributed by atoms with Gasteiger partial charge in [0, 0.05) is 12.6 Å². The van der Waals surface area contributed by atoms with Gasteiger partial charge in [-0.3, -0.25) is 0 Å². The highest BCUT2D eigenvalue weighted by molar-refractivity contribution is 14.1. The summed E-state index contributed by atoms with van der Waals surface area (Å²) in [5.74, 6) is 1.44. The van der Waals surface area contributed by atoms with Crippen molar-refractivity contribution in [2.24, 2.45) is 5.92 Å². The lowest BCUT2D eigenvalue weighted by atomic mass is 10.0. The molecule has 6 heteroatoms. The molecule has 0 radical (unpaired) electrons. The number of halogens is 1. The summed E-state index contributed by atoms with van der Waals surface area (Å²) in [6.07, 6.45) is 0.587. The molecule has 0 aliphatic heterocycles. The summed E-state index contributed by atoms with van der Waals surface area (Å²) in [6.45, 7) is 11.1. The Morgan fingerprint density at radius 1 is 1.36 bits per heavy atom. The van der Waals surface area contributed by atoms with E-state index in [0.717, 1.165) is 15.9 Å². The smallest absolute Gasteiger partial charge is 0.407 e. The van der Waals surface area contributed by atoms with E-state index in [0.29, 0.717) is 19.0 Å². The van der Waals surface area contributed by atoms with Gasteiger partial charge in [-0.1, -0.05) is 13.8 Å². The van der Waals surface area contributed by atoms with E-state index in [9.17, 15) is 4.79 Å². The first-order valence-electron chi connectivity index (χ1n) is 7.60. The topological polar surface area (TPSA) is 63.5 Å². The van der Waals surface area contributed by atoms with Gasteiger partial charge >= 0.3 is 6.09 Å². The van der Waals surface area contributed by atoms with Gasteiger partial charge in [-0.15, -0.1) is 0 Å². The number of rotatable bonds is 7. The number of furan rings is 1. The standard InChI is InChI=1S/C16H27IN2O3/c1-11(2)8-12(9-19-15(20)22-16(3,4)5)18-10-13-6-7-14(17)21-13/h6-7,11-12,18H,8-10H2,1-5H3,(H,19,20). The van der Waals surface area contributed by atoms with Gasteiger partial charge in [0.15, 0.2) is 3.77 Å². The lowest BCUT2D eigenvalue weighted by molar-refractivity contribution is 0.0520. The normalized spacial score (nSPS) is 13.2. The summed E-state index contributed by atoms with van der Waals surface area (Å²) >= 11 is 2.15. The van der Waals surface area contributed by atoms with Crippen molar-refractivity contribution >= 4 is 28.7 Å². The van der Waals surface area contributed by atoms with Gasteiger partial charge in [0.1, 0.15) is 11.4 Å². The van der Waals surface area contributed by atoms with Crippen molar-refractivity contribution in [1.29, 1.82) is 0 Å². The van der Waals surface area contributed by atoms with Crippen molar-refractivity contribution in [2.45, 2.75) is 59.2 Å². The maximum atomic E-state index is 11.7. The van der Waals surface area contributed by atoms with E-state index in [1.165, 1.54) is 0 Å². The number of amides is 1. The van der Waals surface area contributed by atoms with E-state index in [4.69, 9.17) is 9.15 Å². The SMILES string of the molecule is CC(C)CC(CNC(=O)OC(C)(C)C)NCc1ccc(I)o1. The van der Waals surface area contributed by atoms with Crippen LogP contribution in [0.2, 0.25) is 0 Å². The van der Waals surface area contributed by atoms with Crippen LogP contribution in [0.4, 0.5) is 4.79 Å². The Hall–Kier alpha value is -0.760. The summed E-state index contributed by atoms with van der Waals surface area (Å²) in [5.41, 5.74) is -0.476. The van der Waals surface area contributed by atoms with Crippen molar-refractivity contribution in [3.05, 3.63) is 21.7 Å². The van der Waals surface area contributed by atoms with Crippen molar-refractivity contribution in [3.63, 3.8) is 0 Å². The second kappa shape index (κ2) is 8.76. The maximum Gasteiger partial charge on any atom is 0.407 e. The predicted octanol–water partition coefficient (Wildman–Crippen LogP) is 3.91. The molecule has 0 fully saturated rings. The molecule has 0 aliphatic carbocycles. The van der Waals surface area contributed by atoms with Crippen LogP contribution in [-0.4, -0.2) is 24.3 Å². The Kier molecular flexibility index (Phi) is 7.68. The van der Waals surface area contributed by atoms with Crippen molar-refractivity contribution in [2.75, 3.05) is 6.54 Å². The largest absolute Gasteiger partial charge is 0.454 e. The molecule has 1 aromatic heterocycles. The zero-order valence-corrected chi connectivity index (χ0v) is 16.2. The molecule has 126 valence electrons. The molecule has 22 heavy (non-hydrogen) atoms. The fourth-order valence-corrected chi connectivity index (χ4v) is 2.48. The highest BCUT2D eigenvalue weighted by atomic mass is 127. The number of nitrogens with one attached hydrogen (secondary N) is 2. The van der Waals surface area contributed by atoms with Crippen molar-refractivity contribution < 1.29 is 13.9 Å². The molecule has 0 bridgehead atoms. The first-order valence-corrected chi connectivity index (χ1v) is 8.68. The Bertz CT molecular complexity index is 466. The Morgan fingerprint density at radius 2 is 2.05 bits per heavy atom. The fraction of sp³-hybridized carbons (Fsp3) is 0.688. The highest BCUT2D eigenvalue weighted by Crippen LogP contribution is 2.11. The van der Waals surface area contributed by atoms with Crippen LogP contribution < -0.4 is 10.6 Å². The van der Waals surface area contributed by atoms with Crippen LogP contribution in [0, 0.1) is 9.68 Å². The number of alkyl carbamates (subject to hydrolysis) is 1. The predicted molar refractivity (Wildman–Crippen MR) is 95.7 cm³/mol. The molecule has 0 saturated carbocycles.